The molecule has 1 unspecified atom stereocenters. The zero-order valence-corrected chi connectivity index (χ0v) is 7.79. The van der Waals surface area contributed by atoms with Gasteiger partial charge in [0.25, 0.3) is 0 Å². The van der Waals surface area contributed by atoms with Gasteiger partial charge in [-0.1, -0.05) is 6.92 Å². The third-order valence-electron chi connectivity index (χ3n) is 1.24. The molecule has 0 radical (unpaired) electrons. The van der Waals surface area contributed by atoms with Gasteiger partial charge in [0, 0.05) is 6.61 Å². The number of alkyl halides is 3. The van der Waals surface area contributed by atoms with Gasteiger partial charge in [-0.05, 0) is 11.7 Å². The minimum atomic E-state index is -4.11. The molecule has 0 spiro atoms. The number of rotatable bonds is 5. The Morgan fingerprint density at radius 2 is 2.00 bits per heavy atom. The van der Waals surface area contributed by atoms with Crippen molar-refractivity contribution < 1.29 is 17.9 Å². The Morgan fingerprint density at radius 3 is 2.42 bits per heavy atom. The highest BCUT2D eigenvalue weighted by molar-refractivity contribution is 7.80. The third kappa shape index (κ3) is 8.20. The van der Waals surface area contributed by atoms with Crippen molar-refractivity contribution in [2.24, 2.45) is 5.92 Å². The van der Waals surface area contributed by atoms with Crippen LogP contribution in [0.15, 0.2) is 0 Å². The number of ether oxygens (including phenoxy) is 1. The molecule has 0 N–H and O–H groups in total. The molecule has 74 valence electrons. The van der Waals surface area contributed by atoms with E-state index in [1.165, 1.54) is 0 Å². The average molecular weight is 202 g/mol. The topological polar surface area (TPSA) is 9.23 Å². The van der Waals surface area contributed by atoms with Crippen LogP contribution in [-0.4, -0.2) is 25.1 Å². The van der Waals surface area contributed by atoms with Crippen LogP contribution in [0.4, 0.5) is 13.2 Å². The predicted molar refractivity (Wildman–Crippen MR) is 44.5 cm³/mol. The Balaban J connectivity index is 3.22. The fourth-order valence-electron chi connectivity index (χ4n) is 0.525. The second-order valence-electron chi connectivity index (χ2n) is 2.73. The van der Waals surface area contributed by atoms with E-state index >= 15 is 0 Å². The van der Waals surface area contributed by atoms with Crippen molar-refractivity contribution in [3.8, 4) is 0 Å². The lowest BCUT2D eigenvalue weighted by molar-refractivity contribution is -0.145. The van der Waals surface area contributed by atoms with Gasteiger partial charge in [-0.25, -0.2) is 0 Å². The monoisotopic (exact) mass is 202 g/mol. The van der Waals surface area contributed by atoms with Crippen molar-refractivity contribution in [1.82, 2.24) is 0 Å². The Bertz CT molecular complexity index is 116. The summed E-state index contributed by atoms with van der Waals surface area (Å²) in [7, 11) is 0. The zero-order chi connectivity index (χ0) is 9.61. The summed E-state index contributed by atoms with van der Waals surface area (Å²) in [5.74, 6) is 0.841. The van der Waals surface area contributed by atoms with Gasteiger partial charge >= 0.3 is 6.18 Å². The molecule has 0 rings (SSSR count). The molecule has 0 aliphatic heterocycles. The SMILES string of the molecule is CC(CS)COCCC(F)(F)F. The largest absolute Gasteiger partial charge is 0.391 e. The van der Waals surface area contributed by atoms with E-state index in [4.69, 9.17) is 4.74 Å². The summed E-state index contributed by atoms with van der Waals surface area (Å²) in [6.45, 7) is 1.97. The minimum Gasteiger partial charge on any atom is -0.381 e. The van der Waals surface area contributed by atoms with Crippen LogP contribution in [0.1, 0.15) is 13.3 Å². The first-order valence-electron chi connectivity index (χ1n) is 3.71. The van der Waals surface area contributed by atoms with E-state index < -0.39 is 12.6 Å². The molecular formula is C7H13F3OS. The second-order valence-corrected chi connectivity index (χ2v) is 3.09. The summed E-state index contributed by atoms with van der Waals surface area (Å²) in [4.78, 5) is 0. The molecular weight excluding hydrogens is 189 g/mol. The molecule has 0 bridgehead atoms. The van der Waals surface area contributed by atoms with Crippen molar-refractivity contribution in [1.29, 1.82) is 0 Å². The number of halogens is 3. The van der Waals surface area contributed by atoms with E-state index in [2.05, 4.69) is 12.6 Å². The van der Waals surface area contributed by atoms with Crippen molar-refractivity contribution in [2.45, 2.75) is 19.5 Å². The summed E-state index contributed by atoms with van der Waals surface area (Å²) >= 11 is 3.97. The second kappa shape index (κ2) is 5.70. The highest BCUT2D eigenvalue weighted by atomic mass is 32.1. The molecule has 0 fully saturated rings. The maximum absolute atomic E-state index is 11.6. The van der Waals surface area contributed by atoms with Crippen LogP contribution in [0, 0.1) is 5.92 Å². The first-order valence-corrected chi connectivity index (χ1v) is 4.34. The average Bonchev–Trinajstić information content (AvgIpc) is 1.96. The summed E-state index contributed by atoms with van der Waals surface area (Å²) in [6.07, 6.45) is -4.98. The van der Waals surface area contributed by atoms with Gasteiger partial charge in [-0.15, -0.1) is 0 Å². The van der Waals surface area contributed by atoms with Gasteiger partial charge in [0.05, 0.1) is 13.0 Å². The van der Waals surface area contributed by atoms with E-state index in [1.54, 1.807) is 0 Å². The molecule has 0 heterocycles. The Hall–Kier alpha value is 0.100. The van der Waals surface area contributed by atoms with Crippen LogP contribution in [0.5, 0.6) is 0 Å². The van der Waals surface area contributed by atoms with Crippen LogP contribution in [0.2, 0.25) is 0 Å². The molecule has 0 aromatic carbocycles. The molecule has 0 aromatic rings. The maximum atomic E-state index is 11.6. The minimum absolute atomic E-state index is 0.210. The molecule has 0 aromatic heterocycles. The molecule has 0 saturated carbocycles. The lowest BCUT2D eigenvalue weighted by Crippen LogP contribution is -2.14. The van der Waals surface area contributed by atoms with Crippen molar-refractivity contribution in [3.63, 3.8) is 0 Å². The lowest BCUT2D eigenvalue weighted by atomic mass is 10.2. The zero-order valence-electron chi connectivity index (χ0n) is 6.90. The molecule has 0 saturated heterocycles. The molecule has 1 atom stereocenters. The fourth-order valence-corrected chi connectivity index (χ4v) is 0.631. The van der Waals surface area contributed by atoms with Crippen LogP contribution < -0.4 is 0 Å². The molecule has 0 aliphatic rings. The van der Waals surface area contributed by atoms with Gasteiger partial charge in [0.2, 0.25) is 0 Å². The number of hydrogen-bond acceptors (Lipinski definition) is 2. The summed E-state index contributed by atoms with van der Waals surface area (Å²) in [6, 6.07) is 0. The van der Waals surface area contributed by atoms with Crippen molar-refractivity contribution in [2.75, 3.05) is 19.0 Å². The smallest absolute Gasteiger partial charge is 0.381 e. The normalized spacial score (nSPS) is 14.8. The predicted octanol–water partition coefficient (Wildman–Crippen LogP) is 2.52. The summed E-state index contributed by atoms with van der Waals surface area (Å²) in [5.41, 5.74) is 0. The first-order chi connectivity index (χ1) is 5.45. The van der Waals surface area contributed by atoms with Crippen LogP contribution in [0.25, 0.3) is 0 Å². The molecule has 0 aliphatic carbocycles. The Morgan fingerprint density at radius 1 is 1.42 bits per heavy atom. The van der Waals surface area contributed by atoms with Crippen LogP contribution in [0.3, 0.4) is 0 Å². The van der Waals surface area contributed by atoms with Crippen LogP contribution >= 0.6 is 12.6 Å². The van der Waals surface area contributed by atoms with Gasteiger partial charge in [0.1, 0.15) is 0 Å². The highest BCUT2D eigenvalue weighted by Crippen LogP contribution is 2.19. The number of thiol groups is 1. The lowest BCUT2D eigenvalue weighted by Gasteiger charge is -2.10. The van der Waals surface area contributed by atoms with E-state index in [-0.39, 0.29) is 12.5 Å². The van der Waals surface area contributed by atoms with Crippen LogP contribution in [-0.2, 0) is 4.74 Å². The van der Waals surface area contributed by atoms with E-state index in [0.29, 0.717) is 12.4 Å². The van der Waals surface area contributed by atoms with E-state index in [9.17, 15) is 13.2 Å². The molecule has 0 amide bonds. The number of hydrogen-bond donors (Lipinski definition) is 1. The third-order valence-corrected chi connectivity index (χ3v) is 1.87. The fraction of sp³-hybridized carbons (Fsp3) is 1.00. The Kier molecular flexibility index (Phi) is 5.74. The van der Waals surface area contributed by atoms with Gasteiger partial charge in [-0.3, -0.25) is 0 Å². The standard InChI is InChI=1S/C7H13F3OS/c1-6(5-12)4-11-3-2-7(8,9)10/h6,12H,2-5H2,1H3. The van der Waals surface area contributed by atoms with Gasteiger partial charge < -0.3 is 4.74 Å². The van der Waals surface area contributed by atoms with Gasteiger partial charge in [-0.2, -0.15) is 25.8 Å². The molecule has 5 heteroatoms. The molecule has 12 heavy (non-hydrogen) atoms. The summed E-state index contributed by atoms with van der Waals surface area (Å²) in [5, 5.41) is 0. The first kappa shape index (κ1) is 12.1. The highest BCUT2D eigenvalue weighted by Gasteiger charge is 2.26. The van der Waals surface area contributed by atoms with Crippen molar-refractivity contribution in [3.05, 3.63) is 0 Å². The molecule has 1 nitrogen and oxygen atoms in total. The maximum Gasteiger partial charge on any atom is 0.391 e. The van der Waals surface area contributed by atoms with E-state index in [0.717, 1.165) is 0 Å². The summed E-state index contributed by atoms with van der Waals surface area (Å²) < 4.78 is 39.5. The quantitative estimate of drug-likeness (QED) is 0.532. The van der Waals surface area contributed by atoms with Crippen molar-refractivity contribution >= 4 is 12.6 Å². The van der Waals surface area contributed by atoms with Gasteiger partial charge in [0.15, 0.2) is 0 Å². The van der Waals surface area contributed by atoms with E-state index in [1.807, 2.05) is 6.92 Å². The Labute approximate surface area is 75.7 Å².